The number of allylic oxidation sites excluding steroid dienone is 1. The van der Waals surface area contributed by atoms with Crippen molar-refractivity contribution in [2.75, 3.05) is 0 Å². The van der Waals surface area contributed by atoms with E-state index < -0.39 is 5.69 Å². The number of rotatable bonds is 4. The molecule has 0 fully saturated rings. The molecular weight excluding hydrogens is 354 g/mol. The Morgan fingerprint density at radius 3 is 2.96 bits per heavy atom. The smallest absolute Gasteiger partial charge is 0.346 e. The molecule has 0 radical (unpaired) electrons. The van der Waals surface area contributed by atoms with Crippen LogP contribution in [0.1, 0.15) is 48.7 Å². The second-order valence-electron chi connectivity index (χ2n) is 7.23. The summed E-state index contributed by atoms with van der Waals surface area (Å²) in [5.74, 6) is -0.106. The second-order valence-corrected chi connectivity index (χ2v) is 7.23. The highest BCUT2D eigenvalue weighted by molar-refractivity contribution is 5.96. The normalized spacial score (nSPS) is 15.3. The van der Waals surface area contributed by atoms with Gasteiger partial charge in [0.1, 0.15) is 5.52 Å². The van der Waals surface area contributed by atoms with Crippen LogP contribution in [-0.2, 0) is 0 Å². The quantitative estimate of drug-likeness (QED) is 0.684. The lowest BCUT2D eigenvalue weighted by atomic mass is 9.94. The van der Waals surface area contributed by atoms with Gasteiger partial charge in [0.15, 0.2) is 0 Å². The summed E-state index contributed by atoms with van der Waals surface area (Å²) in [6.45, 7) is 3.87. The van der Waals surface area contributed by atoms with E-state index >= 15 is 0 Å². The molecule has 0 unspecified atom stereocenters. The fourth-order valence-corrected chi connectivity index (χ4v) is 3.82. The van der Waals surface area contributed by atoms with Gasteiger partial charge < -0.3 is 5.32 Å². The zero-order valence-electron chi connectivity index (χ0n) is 16.0. The first kappa shape index (κ1) is 18.2. The maximum absolute atomic E-state index is 12.8. The van der Waals surface area contributed by atoms with Crippen LogP contribution in [0.4, 0.5) is 0 Å². The van der Waals surface area contributed by atoms with Crippen molar-refractivity contribution in [2.45, 2.75) is 45.6 Å². The Morgan fingerprint density at radius 1 is 1.32 bits per heavy atom. The van der Waals surface area contributed by atoms with E-state index in [0.29, 0.717) is 16.8 Å². The van der Waals surface area contributed by atoms with Gasteiger partial charge in [-0.2, -0.15) is 14.7 Å². The van der Waals surface area contributed by atoms with Crippen LogP contribution in [0, 0.1) is 6.92 Å². The van der Waals surface area contributed by atoms with E-state index in [1.165, 1.54) is 22.9 Å². The first-order chi connectivity index (χ1) is 13.5. The molecule has 4 rings (SSSR count). The number of aromatic nitrogens is 4. The van der Waals surface area contributed by atoms with Crippen molar-refractivity contribution >= 4 is 11.4 Å². The van der Waals surface area contributed by atoms with Crippen molar-refractivity contribution in [2.24, 2.45) is 0 Å². The van der Waals surface area contributed by atoms with Crippen LogP contribution >= 0.6 is 0 Å². The lowest BCUT2D eigenvalue weighted by Gasteiger charge is -2.21. The summed E-state index contributed by atoms with van der Waals surface area (Å²) in [5, 5.41) is 13.7. The topological polar surface area (TPSA) is 92.2 Å². The zero-order valence-corrected chi connectivity index (χ0v) is 16.0. The number of carbonyl (C=O) groups is 1. The molecule has 7 nitrogen and oxygen atoms in total. The molecule has 1 amide bonds. The number of nitrogens with one attached hydrogen (secondary N) is 2. The van der Waals surface area contributed by atoms with Gasteiger partial charge in [0.05, 0.1) is 11.9 Å². The molecule has 0 saturated heterocycles. The summed E-state index contributed by atoms with van der Waals surface area (Å²) in [6, 6.07) is 7.42. The SMILES string of the molecule is Cc1nn2c(=O)[nH]ncc2c1-c1cccc(C(=O)N[C@@H](C)C2=CCCCC2)c1. The summed E-state index contributed by atoms with van der Waals surface area (Å²) in [4.78, 5) is 24.7. The number of hydrogen-bond donors (Lipinski definition) is 2. The molecule has 2 aromatic heterocycles. The van der Waals surface area contributed by atoms with Crippen LogP contribution in [0.15, 0.2) is 46.9 Å². The third-order valence-corrected chi connectivity index (χ3v) is 5.28. The molecule has 3 aromatic rings. The number of nitrogens with zero attached hydrogens (tertiary/aromatic N) is 3. The summed E-state index contributed by atoms with van der Waals surface area (Å²) >= 11 is 0. The Balaban J connectivity index is 1.64. The van der Waals surface area contributed by atoms with Crippen molar-refractivity contribution in [1.82, 2.24) is 25.1 Å². The Kier molecular flexibility index (Phi) is 4.81. The van der Waals surface area contributed by atoms with Crippen molar-refractivity contribution < 1.29 is 4.79 Å². The van der Waals surface area contributed by atoms with E-state index in [1.807, 2.05) is 32.0 Å². The number of H-pyrrole nitrogens is 1. The lowest BCUT2D eigenvalue weighted by molar-refractivity contribution is 0.0944. The average Bonchev–Trinajstić information content (AvgIpc) is 3.06. The van der Waals surface area contributed by atoms with E-state index in [4.69, 9.17) is 0 Å². The van der Waals surface area contributed by atoms with Gasteiger partial charge in [-0.25, -0.2) is 9.89 Å². The molecule has 0 saturated carbocycles. The number of hydrogen-bond acceptors (Lipinski definition) is 4. The van der Waals surface area contributed by atoms with Crippen LogP contribution in [0.25, 0.3) is 16.6 Å². The lowest BCUT2D eigenvalue weighted by Crippen LogP contribution is -2.34. The van der Waals surface area contributed by atoms with Crippen molar-refractivity contribution in [3.05, 3.63) is 63.9 Å². The van der Waals surface area contributed by atoms with Gasteiger partial charge in [-0.05, 0) is 57.2 Å². The Bertz CT molecular complexity index is 1130. The molecule has 2 heterocycles. The van der Waals surface area contributed by atoms with Crippen molar-refractivity contribution in [3.63, 3.8) is 0 Å². The van der Waals surface area contributed by atoms with Crippen LogP contribution in [0.5, 0.6) is 0 Å². The van der Waals surface area contributed by atoms with E-state index in [-0.39, 0.29) is 11.9 Å². The van der Waals surface area contributed by atoms with Crippen LogP contribution in [0.2, 0.25) is 0 Å². The third-order valence-electron chi connectivity index (χ3n) is 5.28. The van der Waals surface area contributed by atoms with Gasteiger partial charge in [0.25, 0.3) is 5.91 Å². The van der Waals surface area contributed by atoms with Gasteiger partial charge in [0.2, 0.25) is 0 Å². The number of carbonyl (C=O) groups excluding carboxylic acids is 1. The highest BCUT2D eigenvalue weighted by Gasteiger charge is 2.18. The molecule has 28 heavy (non-hydrogen) atoms. The summed E-state index contributed by atoms with van der Waals surface area (Å²) in [5.41, 5.74) is 4.44. The van der Waals surface area contributed by atoms with Crippen LogP contribution < -0.4 is 11.0 Å². The van der Waals surface area contributed by atoms with Gasteiger partial charge in [-0.3, -0.25) is 4.79 Å². The van der Waals surface area contributed by atoms with Crippen molar-refractivity contribution in [3.8, 4) is 11.1 Å². The molecule has 0 bridgehead atoms. The van der Waals surface area contributed by atoms with Gasteiger partial charge in [0, 0.05) is 17.2 Å². The van der Waals surface area contributed by atoms with E-state index in [2.05, 4.69) is 26.7 Å². The van der Waals surface area contributed by atoms with Crippen LogP contribution in [0.3, 0.4) is 0 Å². The maximum atomic E-state index is 12.8. The number of amides is 1. The Morgan fingerprint density at radius 2 is 2.18 bits per heavy atom. The molecule has 1 aliphatic rings. The molecule has 0 aliphatic heterocycles. The molecule has 144 valence electrons. The minimum Gasteiger partial charge on any atom is -0.346 e. The molecular formula is C21H23N5O2. The van der Waals surface area contributed by atoms with Crippen molar-refractivity contribution in [1.29, 1.82) is 0 Å². The summed E-state index contributed by atoms with van der Waals surface area (Å²) in [7, 11) is 0. The maximum Gasteiger partial charge on any atom is 0.363 e. The third kappa shape index (κ3) is 3.35. The minimum absolute atomic E-state index is 0.0259. The number of benzene rings is 1. The molecule has 7 heteroatoms. The summed E-state index contributed by atoms with van der Waals surface area (Å²) in [6.07, 6.45) is 8.36. The highest BCUT2D eigenvalue weighted by Crippen LogP contribution is 2.28. The van der Waals surface area contributed by atoms with E-state index in [9.17, 15) is 9.59 Å². The standard InChI is InChI=1S/C21H23N5O2/c1-13(15-7-4-3-5-8-15)23-20(27)17-10-6-9-16(11-17)19-14(2)25-26-18(19)12-22-24-21(26)28/h6-7,9-13H,3-5,8H2,1-2H3,(H,23,27)(H,24,28)/t13-/m0/s1. The van der Waals surface area contributed by atoms with Gasteiger partial charge in [-0.1, -0.05) is 23.8 Å². The number of fused-ring (bicyclic) bond motifs is 1. The molecule has 1 atom stereocenters. The van der Waals surface area contributed by atoms with E-state index in [1.54, 1.807) is 12.3 Å². The predicted molar refractivity (Wildman–Crippen MR) is 107 cm³/mol. The molecule has 2 N–H and O–H groups in total. The number of aryl methyl sites for hydroxylation is 1. The second kappa shape index (κ2) is 7.42. The monoisotopic (exact) mass is 377 g/mol. The fourth-order valence-electron chi connectivity index (χ4n) is 3.82. The Hall–Kier alpha value is -3.22. The Labute approximate surface area is 162 Å². The predicted octanol–water partition coefficient (Wildman–Crippen LogP) is 3.01. The first-order valence-corrected chi connectivity index (χ1v) is 9.58. The largest absolute Gasteiger partial charge is 0.363 e. The molecule has 1 aliphatic carbocycles. The molecule has 0 spiro atoms. The van der Waals surface area contributed by atoms with Gasteiger partial charge in [-0.15, -0.1) is 0 Å². The highest BCUT2D eigenvalue weighted by atomic mass is 16.2. The van der Waals surface area contributed by atoms with E-state index in [0.717, 1.165) is 24.0 Å². The molecule has 1 aromatic carbocycles. The van der Waals surface area contributed by atoms with Gasteiger partial charge >= 0.3 is 5.69 Å². The first-order valence-electron chi connectivity index (χ1n) is 9.58. The average molecular weight is 377 g/mol. The zero-order chi connectivity index (χ0) is 19.7. The van der Waals surface area contributed by atoms with Crippen LogP contribution in [-0.4, -0.2) is 31.8 Å². The fraction of sp³-hybridized carbons (Fsp3) is 0.333. The number of aromatic amines is 1. The minimum atomic E-state index is -0.393. The summed E-state index contributed by atoms with van der Waals surface area (Å²) < 4.78 is 1.29.